The molecule has 11 heteroatoms. The number of hydrogen-bond acceptors (Lipinski definition) is 5. The Morgan fingerprint density at radius 3 is 2.55 bits per heavy atom. The number of pyridine rings is 1. The van der Waals surface area contributed by atoms with Crippen molar-refractivity contribution in [2.45, 2.75) is 76.3 Å². The van der Waals surface area contributed by atoms with Gasteiger partial charge in [0.05, 0.1) is 23.0 Å². The maximum Gasteiger partial charge on any atom is 0.417 e. The van der Waals surface area contributed by atoms with Gasteiger partial charge in [-0.05, 0) is 57.0 Å². The van der Waals surface area contributed by atoms with Crippen molar-refractivity contribution in [2.75, 3.05) is 31.5 Å². The summed E-state index contributed by atoms with van der Waals surface area (Å²) >= 11 is 0. The zero-order valence-electron chi connectivity index (χ0n) is 25.1. The number of anilines is 1. The summed E-state index contributed by atoms with van der Waals surface area (Å²) in [5.74, 6) is -0.287. The number of carbonyl (C=O) groups is 1. The summed E-state index contributed by atoms with van der Waals surface area (Å²) in [4.78, 5) is 19.3. The molecule has 4 bridgehead atoms. The molecular weight excluding hydrogens is 572 g/mol. The van der Waals surface area contributed by atoms with Gasteiger partial charge in [0.2, 0.25) is 0 Å². The minimum atomic E-state index is -4.69. The molecule has 6 rings (SSSR count). The molecule has 1 amide bonds. The lowest BCUT2D eigenvalue weighted by atomic mass is 9.89. The average molecular weight is 613 g/mol. The molecule has 3 aromatic rings. The first-order valence-electron chi connectivity index (χ1n) is 15.4. The van der Waals surface area contributed by atoms with Crippen LogP contribution in [0.5, 0.6) is 0 Å². The summed E-state index contributed by atoms with van der Waals surface area (Å²) < 4.78 is 59.3. The fourth-order valence-corrected chi connectivity index (χ4v) is 6.14. The van der Waals surface area contributed by atoms with Gasteiger partial charge in [0.15, 0.2) is 0 Å². The molecule has 236 valence electrons. The Balaban J connectivity index is 1.47. The molecular formula is C33H40F4N6O. The van der Waals surface area contributed by atoms with E-state index in [1.54, 1.807) is 60.3 Å². The van der Waals surface area contributed by atoms with Crippen molar-refractivity contribution in [3.63, 3.8) is 0 Å². The van der Waals surface area contributed by atoms with E-state index in [0.29, 0.717) is 36.3 Å². The lowest BCUT2D eigenvalue weighted by molar-refractivity contribution is -0.0688. The van der Waals surface area contributed by atoms with E-state index in [0.717, 1.165) is 51.6 Å². The van der Waals surface area contributed by atoms with Crippen LogP contribution in [0, 0.1) is 0 Å². The summed E-state index contributed by atoms with van der Waals surface area (Å²) in [6, 6.07) is 7.81. The lowest BCUT2D eigenvalue weighted by Crippen LogP contribution is -2.55. The Morgan fingerprint density at radius 1 is 1.05 bits per heavy atom. The van der Waals surface area contributed by atoms with E-state index in [1.807, 2.05) is 0 Å². The molecule has 1 aromatic carbocycles. The molecule has 2 aromatic heterocycles. The second-order valence-corrected chi connectivity index (χ2v) is 12.0. The highest BCUT2D eigenvalue weighted by Gasteiger charge is 2.40. The Hall–Kier alpha value is -3.73. The zero-order valence-corrected chi connectivity index (χ0v) is 25.1. The van der Waals surface area contributed by atoms with Gasteiger partial charge in [-0.25, -0.2) is 9.37 Å². The third-order valence-corrected chi connectivity index (χ3v) is 8.56. The number of aryl methyl sites for hydroxylation is 1. The number of aromatic nitrogens is 3. The molecule has 3 aliphatic rings. The van der Waals surface area contributed by atoms with E-state index in [4.69, 9.17) is 0 Å². The third kappa shape index (κ3) is 7.49. The predicted octanol–water partition coefficient (Wildman–Crippen LogP) is 7.02. The molecule has 7 nitrogen and oxygen atoms in total. The maximum atomic E-state index is 16.1. The number of halogens is 4. The van der Waals surface area contributed by atoms with Crippen LogP contribution in [0.1, 0.15) is 73.7 Å². The molecule has 3 atom stereocenters. The van der Waals surface area contributed by atoms with Crippen LogP contribution in [0.3, 0.4) is 0 Å². The van der Waals surface area contributed by atoms with Crippen molar-refractivity contribution in [1.82, 2.24) is 25.0 Å². The number of fused-ring (bicyclic) bond motifs is 12. The number of carbonyl (C=O) groups excluding carboxylic acids is 1. The van der Waals surface area contributed by atoms with Gasteiger partial charge in [-0.2, -0.15) is 18.3 Å². The first-order valence-corrected chi connectivity index (χ1v) is 15.4. The Kier molecular flexibility index (Phi) is 9.72. The summed E-state index contributed by atoms with van der Waals surface area (Å²) in [6.45, 7) is 7.54. The van der Waals surface area contributed by atoms with Crippen molar-refractivity contribution in [3.8, 4) is 0 Å². The van der Waals surface area contributed by atoms with Crippen molar-refractivity contribution in [1.29, 1.82) is 0 Å². The zero-order chi connectivity index (χ0) is 31.3. The summed E-state index contributed by atoms with van der Waals surface area (Å²) in [5, 5.41) is 11.2. The Bertz CT molecular complexity index is 1510. The summed E-state index contributed by atoms with van der Waals surface area (Å²) in [7, 11) is 0. The Morgan fingerprint density at radius 2 is 1.80 bits per heavy atom. The number of alkyl halides is 4. The fraction of sp³-hybridized carbons (Fsp3) is 0.485. The molecule has 0 spiro atoms. The summed E-state index contributed by atoms with van der Waals surface area (Å²) in [5.41, 5.74) is -1.63. The van der Waals surface area contributed by atoms with E-state index >= 15 is 4.39 Å². The molecule has 1 fully saturated rings. The number of amides is 1. The van der Waals surface area contributed by atoms with Crippen LogP contribution >= 0.6 is 0 Å². The maximum absolute atomic E-state index is 16.1. The minimum absolute atomic E-state index is 0.137. The van der Waals surface area contributed by atoms with Crippen molar-refractivity contribution in [3.05, 3.63) is 66.3 Å². The minimum Gasteiger partial charge on any atom is -0.378 e. The van der Waals surface area contributed by atoms with Crippen LogP contribution in [-0.2, 0) is 6.54 Å². The first kappa shape index (κ1) is 31.7. The molecule has 0 aliphatic carbocycles. The highest BCUT2D eigenvalue weighted by molar-refractivity contribution is 6.01. The van der Waals surface area contributed by atoms with Gasteiger partial charge >= 0.3 is 6.18 Å². The Labute approximate surface area is 255 Å². The van der Waals surface area contributed by atoms with Crippen molar-refractivity contribution in [2.24, 2.45) is 0 Å². The summed E-state index contributed by atoms with van der Waals surface area (Å²) in [6.07, 6.45) is 6.89. The largest absolute Gasteiger partial charge is 0.417 e. The van der Waals surface area contributed by atoms with Crippen LogP contribution in [0.4, 0.5) is 23.2 Å². The average Bonchev–Trinajstić information content (AvgIpc) is 3.45. The number of piperidine rings is 1. The number of hydrogen-bond donors (Lipinski definition) is 2. The fourth-order valence-electron chi connectivity index (χ4n) is 6.14. The quantitative estimate of drug-likeness (QED) is 0.289. The van der Waals surface area contributed by atoms with Crippen molar-refractivity contribution >= 4 is 34.0 Å². The molecule has 44 heavy (non-hydrogen) atoms. The highest BCUT2D eigenvalue weighted by Crippen LogP contribution is 2.38. The number of benzene rings is 1. The monoisotopic (exact) mass is 612 g/mol. The van der Waals surface area contributed by atoms with Gasteiger partial charge < -0.3 is 15.5 Å². The molecule has 5 heterocycles. The number of rotatable bonds is 1. The molecule has 2 N–H and O–H groups in total. The second-order valence-electron chi connectivity index (χ2n) is 12.0. The van der Waals surface area contributed by atoms with Crippen LogP contribution in [0.15, 0.2) is 49.2 Å². The second kappa shape index (κ2) is 13.5. The lowest BCUT2D eigenvalue weighted by Gasteiger charge is -2.42. The van der Waals surface area contributed by atoms with E-state index in [-0.39, 0.29) is 29.2 Å². The third-order valence-electron chi connectivity index (χ3n) is 8.56. The van der Waals surface area contributed by atoms with E-state index in [2.05, 4.69) is 32.2 Å². The molecule has 3 aliphatic heterocycles. The van der Waals surface area contributed by atoms with Gasteiger partial charge in [-0.3, -0.25) is 9.48 Å². The van der Waals surface area contributed by atoms with Crippen molar-refractivity contribution < 1.29 is 22.4 Å². The smallest absolute Gasteiger partial charge is 0.378 e. The van der Waals surface area contributed by atoms with E-state index in [1.165, 1.54) is 0 Å². The molecule has 0 saturated carbocycles. The number of allylic oxidation sites excluding steroid dienone is 1. The van der Waals surface area contributed by atoms with Gasteiger partial charge in [-0.15, -0.1) is 0 Å². The topological polar surface area (TPSA) is 75.1 Å². The number of nitrogens with zero attached hydrogens (tertiary/aromatic N) is 4. The van der Waals surface area contributed by atoms with Gasteiger partial charge in [0.1, 0.15) is 11.4 Å². The van der Waals surface area contributed by atoms with E-state index in [9.17, 15) is 18.0 Å². The van der Waals surface area contributed by atoms with Crippen LogP contribution in [0.2, 0.25) is 0 Å². The van der Waals surface area contributed by atoms with Crippen LogP contribution in [-0.4, -0.2) is 69.6 Å². The van der Waals surface area contributed by atoms with Gasteiger partial charge in [-0.1, -0.05) is 50.5 Å². The highest BCUT2D eigenvalue weighted by atomic mass is 19.4. The molecule has 0 radical (unpaired) electrons. The van der Waals surface area contributed by atoms with E-state index < -0.39 is 23.5 Å². The SMILES string of the molecule is C=C(c1nc2cc3c(cccc13)N[C@@H]1CCN(CCCCCCCCn3nccc3C(=O)NC/C=C/2)C[C@@]1(C)F)C(F)(F)F. The molecule has 1 saturated heterocycles. The number of nitrogens with one attached hydrogen (secondary N) is 2. The van der Waals surface area contributed by atoms with Gasteiger partial charge in [0, 0.05) is 48.8 Å². The van der Waals surface area contributed by atoms with Crippen LogP contribution < -0.4 is 10.6 Å². The normalized spacial score (nSPS) is 25.1. The molecule has 1 unspecified atom stereocenters. The van der Waals surface area contributed by atoms with Gasteiger partial charge in [0.25, 0.3) is 5.91 Å². The standard InChI is InChI=1S/C33H40F4N6O/c1-23(33(35,36)37)30-25-12-9-13-27-26(25)21-24(40-30)11-10-16-38-31(44)28-14-17-39-43(28)19-8-6-4-3-5-7-18-42-20-15-29(41-27)32(2,34)22-42/h9-14,17,21,29,41H,1,3-8,15-16,18-20,22H2,2H3,(H,38,44)/b11-10+/t29-,32-/m1/s1. The van der Waals surface area contributed by atoms with Crippen LogP contribution in [0.25, 0.3) is 22.4 Å². The predicted molar refractivity (Wildman–Crippen MR) is 166 cm³/mol. The first-order chi connectivity index (χ1) is 21.0.